The van der Waals surface area contributed by atoms with Gasteiger partial charge in [0, 0.05) is 12.6 Å². The molecule has 174 valence electrons. The van der Waals surface area contributed by atoms with Gasteiger partial charge in [-0.2, -0.15) is 0 Å². The van der Waals surface area contributed by atoms with E-state index < -0.39 is 20.6 Å². The molecule has 0 atom stereocenters. The molecule has 1 fully saturated rings. The molecule has 1 aliphatic rings. The Kier molecular flexibility index (Phi) is 7.55. The summed E-state index contributed by atoms with van der Waals surface area (Å²) in [6, 6.07) is 9.75. The Labute approximate surface area is 192 Å². The summed E-state index contributed by atoms with van der Waals surface area (Å²) >= 11 is 0.770. The second-order valence-corrected chi connectivity index (χ2v) is 12.2. The van der Waals surface area contributed by atoms with Gasteiger partial charge < -0.3 is 10.0 Å². The minimum absolute atomic E-state index is 0.126. The van der Waals surface area contributed by atoms with E-state index in [0.717, 1.165) is 75.5 Å². The Hall–Kier alpha value is -2.46. The van der Waals surface area contributed by atoms with Crippen LogP contribution in [0.25, 0.3) is 0 Å². The van der Waals surface area contributed by atoms with Gasteiger partial charge in [0.2, 0.25) is 9.84 Å². The zero-order valence-corrected chi connectivity index (χ0v) is 19.9. The number of benzene rings is 1. The van der Waals surface area contributed by atoms with E-state index in [2.05, 4.69) is 10.3 Å². The molecule has 2 aromatic rings. The Bertz CT molecular complexity index is 1040. The molecule has 10 heteroatoms. The number of thiazole rings is 1. The lowest BCUT2D eigenvalue weighted by atomic mass is 9.94. The van der Waals surface area contributed by atoms with Crippen LogP contribution in [0.1, 0.15) is 51.5 Å². The van der Waals surface area contributed by atoms with Gasteiger partial charge in [0.25, 0.3) is 0 Å². The number of urea groups is 1. The fraction of sp³-hybridized carbons (Fsp3) is 0.500. The van der Waals surface area contributed by atoms with E-state index in [-0.39, 0.29) is 21.4 Å². The number of anilines is 1. The number of carboxylic acid groups (broad SMARTS) is 1. The number of carbonyl (C=O) groups is 2. The SMILES string of the molecule is CC(C)(C(=O)O)S(=O)(=O)c1cnc(NC(=O)N(CCc2ccccc2)C2CCCCC2)s1. The molecule has 0 saturated heterocycles. The summed E-state index contributed by atoms with van der Waals surface area (Å²) in [5.41, 5.74) is 1.14. The van der Waals surface area contributed by atoms with E-state index in [1.165, 1.54) is 0 Å². The number of sulfone groups is 1. The largest absolute Gasteiger partial charge is 0.480 e. The molecule has 3 rings (SSSR count). The highest BCUT2D eigenvalue weighted by atomic mass is 32.2. The van der Waals surface area contributed by atoms with Crippen molar-refractivity contribution in [1.29, 1.82) is 0 Å². The Balaban J connectivity index is 1.75. The van der Waals surface area contributed by atoms with Crippen LogP contribution in [0, 0.1) is 0 Å². The number of hydrogen-bond donors (Lipinski definition) is 2. The molecule has 1 saturated carbocycles. The summed E-state index contributed by atoms with van der Waals surface area (Å²) < 4.78 is 23.2. The molecule has 0 bridgehead atoms. The molecule has 0 spiro atoms. The maximum atomic E-state index is 13.1. The highest BCUT2D eigenvalue weighted by Crippen LogP contribution is 2.32. The number of carboxylic acids is 1. The lowest BCUT2D eigenvalue weighted by Crippen LogP contribution is -2.45. The zero-order valence-electron chi connectivity index (χ0n) is 18.3. The lowest BCUT2D eigenvalue weighted by molar-refractivity contribution is -0.139. The Morgan fingerprint density at radius 3 is 2.47 bits per heavy atom. The van der Waals surface area contributed by atoms with Crippen molar-refractivity contribution < 1.29 is 23.1 Å². The average Bonchev–Trinajstić information content (AvgIpc) is 3.24. The van der Waals surface area contributed by atoms with Crippen molar-refractivity contribution in [3.63, 3.8) is 0 Å². The topological polar surface area (TPSA) is 117 Å². The first-order valence-electron chi connectivity index (χ1n) is 10.7. The number of nitrogens with one attached hydrogen (secondary N) is 1. The number of aromatic nitrogens is 1. The average molecular weight is 480 g/mol. The van der Waals surface area contributed by atoms with Crippen LogP contribution in [-0.2, 0) is 21.1 Å². The number of rotatable bonds is 8. The van der Waals surface area contributed by atoms with Crippen LogP contribution < -0.4 is 5.32 Å². The van der Waals surface area contributed by atoms with Crippen molar-refractivity contribution in [3.05, 3.63) is 42.1 Å². The standard InChI is InChI=1S/C22H29N3O5S2/c1-22(2,19(26)27)32(29,30)18-15-23-20(31-18)24-21(28)25(17-11-7-4-8-12-17)14-13-16-9-5-3-6-10-16/h3,5-6,9-10,15,17H,4,7-8,11-14H2,1-2H3,(H,26,27)(H,23,24,28). The number of hydrogen-bond acceptors (Lipinski definition) is 6. The normalized spacial score (nSPS) is 15.3. The van der Waals surface area contributed by atoms with E-state index in [9.17, 15) is 23.1 Å². The van der Waals surface area contributed by atoms with Crippen molar-refractivity contribution in [2.75, 3.05) is 11.9 Å². The first kappa shape index (κ1) is 24.2. The highest BCUT2D eigenvalue weighted by molar-refractivity contribution is 7.95. The maximum absolute atomic E-state index is 13.1. The summed E-state index contributed by atoms with van der Waals surface area (Å²) in [5.74, 6) is -1.44. The monoisotopic (exact) mass is 479 g/mol. The lowest BCUT2D eigenvalue weighted by Gasteiger charge is -2.34. The number of amides is 2. The van der Waals surface area contributed by atoms with Gasteiger partial charge in [-0.05, 0) is 38.7 Å². The fourth-order valence-electron chi connectivity index (χ4n) is 3.71. The van der Waals surface area contributed by atoms with Crippen molar-refractivity contribution in [2.24, 2.45) is 0 Å². The molecule has 1 aromatic heterocycles. The third-order valence-corrected chi connectivity index (χ3v) is 9.68. The van der Waals surface area contributed by atoms with Crippen LogP contribution in [0.5, 0.6) is 0 Å². The summed E-state index contributed by atoms with van der Waals surface area (Å²) in [4.78, 5) is 30.4. The van der Waals surface area contributed by atoms with E-state index in [4.69, 9.17) is 0 Å². The molecular formula is C22H29N3O5S2. The molecule has 1 aliphatic carbocycles. The predicted octanol–water partition coefficient (Wildman–Crippen LogP) is 4.19. The minimum atomic E-state index is -4.15. The second kappa shape index (κ2) is 9.99. The molecule has 0 aliphatic heterocycles. The Morgan fingerprint density at radius 1 is 1.19 bits per heavy atom. The van der Waals surface area contributed by atoms with Crippen LogP contribution in [0.3, 0.4) is 0 Å². The first-order valence-corrected chi connectivity index (χ1v) is 13.0. The van der Waals surface area contributed by atoms with Gasteiger partial charge in [-0.15, -0.1) is 0 Å². The highest BCUT2D eigenvalue weighted by Gasteiger charge is 2.44. The van der Waals surface area contributed by atoms with E-state index in [1.807, 2.05) is 35.2 Å². The van der Waals surface area contributed by atoms with Crippen molar-refractivity contribution in [1.82, 2.24) is 9.88 Å². The van der Waals surface area contributed by atoms with Crippen LogP contribution in [0.15, 0.2) is 40.7 Å². The summed E-state index contributed by atoms with van der Waals surface area (Å²) in [6.45, 7) is 2.82. The van der Waals surface area contributed by atoms with E-state index >= 15 is 0 Å². The van der Waals surface area contributed by atoms with Crippen molar-refractivity contribution >= 4 is 38.3 Å². The van der Waals surface area contributed by atoms with Crippen LogP contribution >= 0.6 is 11.3 Å². The smallest absolute Gasteiger partial charge is 0.324 e. The van der Waals surface area contributed by atoms with Crippen LogP contribution in [0.2, 0.25) is 0 Å². The predicted molar refractivity (Wildman–Crippen MR) is 124 cm³/mol. The third-order valence-electron chi connectivity index (χ3n) is 5.91. The number of aliphatic carboxylic acids is 1. The zero-order chi connectivity index (χ0) is 23.4. The minimum Gasteiger partial charge on any atom is -0.480 e. The van der Waals surface area contributed by atoms with E-state index in [1.54, 1.807) is 0 Å². The summed E-state index contributed by atoms with van der Waals surface area (Å²) in [6.07, 6.45) is 7.01. The first-order chi connectivity index (χ1) is 15.1. The van der Waals surface area contributed by atoms with Gasteiger partial charge in [0.05, 0.1) is 6.20 Å². The van der Waals surface area contributed by atoms with Crippen LogP contribution in [-0.4, -0.2) is 52.7 Å². The molecule has 2 amide bonds. The molecule has 8 nitrogen and oxygen atoms in total. The molecular weight excluding hydrogens is 450 g/mol. The van der Waals surface area contributed by atoms with Crippen molar-refractivity contribution in [2.45, 2.75) is 67.4 Å². The third kappa shape index (κ3) is 5.29. The van der Waals surface area contributed by atoms with Gasteiger partial charge in [-0.1, -0.05) is 60.9 Å². The van der Waals surface area contributed by atoms with Crippen molar-refractivity contribution in [3.8, 4) is 0 Å². The Morgan fingerprint density at radius 2 is 1.84 bits per heavy atom. The molecule has 2 N–H and O–H groups in total. The molecule has 0 unspecified atom stereocenters. The summed E-state index contributed by atoms with van der Waals surface area (Å²) in [5, 5.41) is 12.2. The number of carbonyl (C=O) groups excluding carboxylic acids is 1. The molecule has 1 heterocycles. The molecule has 1 aromatic carbocycles. The van der Waals surface area contributed by atoms with Gasteiger partial charge in [-0.3, -0.25) is 10.1 Å². The quantitative estimate of drug-likeness (QED) is 0.586. The summed E-state index contributed by atoms with van der Waals surface area (Å²) in [7, 11) is -4.15. The van der Waals surface area contributed by atoms with Gasteiger partial charge in [0.1, 0.15) is 4.21 Å². The van der Waals surface area contributed by atoms with E-state index in [0.29, 0.717) is 6.54 Å². The van der Waals surface area contributed by atoms with Gasteiger partial charge in [-0.25, -0.2) is 18.2 Å². The molecule has 0 radical (unpaired) electrons. The van der Waals surface area contributed by atoms with Gasteiger partial charge in [0.15, 0.2) is 9.88 Å². The molecule has 32 heavy (non-hydrogen) atoms. The van der Waals surface area contributed by atoms with Gasteiger partial charge >= 0.3 is 12.0 Å². The maximum Gasteiger partial charge on any atom is 0.324 e. The fourth-order valence-corrected chi connectivity index (χ4v) is 6.47. The second-order valence-electron chi connectivity index (χ2n) is 8.45. The number of nitrogens with zero attached hydrogens (tertiary/aromatic N) is 2. The van der Waals surface area contributed by atoms with Crippen LogP contribution in [0.4, 0.5) is 9.93 Å².